The lowest BCUT2D eigenvalue weighted by Gasteiger charge is -2.25. The molecule has 0 N–H and O–H groups in total. The number of rotatable bonds is 3. The maximum atomic E-state index is 5.50. The minimum atomic E-state index is -0.938. The molecule has 0 aromatic rings. The summed E-state index contributed by atoms with van der Waals surface area (Å²) in [6, 6.07) is 0. The first kappa shape index (κ1) is 9.45. The first-order valence-electron chi connectivity index (χ1n) is 3.21. The van der Waals surface area contributed by atoms with Crippen molar-refractivity contribution in [1.82, 2.24) is 0 Å². The Morgan fingerprint density at radius 1 is 1.22 bits per heavy atom. The highest BCUT2D eigenvalue weighted by Gasteiger charge is 2.20. The van der Waals surface area contributed by atoms with Crippen molar-refractivity contribution in [2.45, 2.75) is 31.2 Å². The van der Waals surface area contributed by atoms with E-state index >= 15 is 0 Å². The molecule has 0 atom stereocenters. The lowest BCUT2D eigenvalue weighted by Crippen LogP contribution is -2.31. The first-order valence-corrected chi connectivity index (χ1v) is 5.99. The highest BCUT2D eigenvalue weighted by Crippen LogP contribution is 2.10. The van der Waals surface area contributed by atoms with Gasteiger partial charge in [0.25, 0.3) is 0 Å². The molecule has 2 nitrogen and oxygen atoms in total. The van der Waals surface area contributed by atoms with Crippen LogP contribution in [0.25, 0.3) is 0 Å². The molecule has 0 rings (SSSR count). The molecule has 0 spiro atoms. The summed E-state index contributed by atoms with van der Waals surface area (Å²) in [5, 5.41) is 0. The Kier molecular flexibility index (Phi) is 3.76. The van der Waals surface area contributed by atoms with Crippen molar-refractivity contribution in [3.8, 4) is 0 Å². The van der Waals surface area contributed by atoms with Gasteiger partial charge in [0.05, 0.1) is 0 Å². The molecule has 9 heavy (non-hydrogen) atoms. The molecular formula is C6H15AlO2. The predicted octanol–water partition coefficient (Wildman–Crippen LogP) is 1.64. The number of hydrogen-bond donors (Lipinski definition) is 0. The van der Waals surface area contributed by atoms with Crippen molar-refractivity contribution in [3.05, 3.63) is 0 Å². The average molecular weight is 146 g/mol. The molecule has 0 aromatic carbocycles. The molecule has 0 radical (unpaired) electrons. The molecule has 0 aliphatic rings. The fraction of sp³-hybridized carbons (Fsp3) is 1.00. The second-order valence-corrected chi connectivity index (χ2v) is 5.10. The third-order valence-electron chi connectivity index (χ3n) is 1.01. The van der Waals surface area contributed by atoms with Crippen molar-refractivity contribution < 1.29 is 8.53 Å². The fourth-order valence-electron chi connectivity index (χ4n) is 0.616. The molecule has 0 heterocycles. The third-order valence-corrected chi connectivity index (χ3v) is 2.05. The maximum Gasteiger partial charge on any atom is 0.456 e. The topological polar surface area (TPSA) is 18.5 Å². The van der Waals surface area contributed by atoms with Gasteiger partial charge in [0, 0.05) is 7.11 Å². The van der Waals surface area contributed by atoms with Crippen LogP contribution in [0.15, 0.2) is 0 Å². The van der Waals surface area contributed by atoms with Crippen molar-refractivity contribution in [2.24, 2.45) is 0 Å². The van der Waals surface area contributed by atoms with Crippen molar-refractivity contribution in [1.29, 1.82) is 0 Å². The van der Waals surface area contributed by atoms with Crippen molar-refractivity contribution >= 4 is 14.5 Å². The van der Waals surface area contributed by atoms with Gasteiger partial charge in [-0.2, -0.15) is 0 Å². The SMILES string of the molecule is COC(C)(C)[O][Al]([CH3])[CH3]. The average Bonchev–Trinajstić information content (AvgIpc) is 1.63. The predicted molar refractivity (Wildman–Crippen MR) is 39.7 cm³/mol. The normalized spacial score (nSPS) is 11.7. The summed E-state index contributed by atoms with van der Waals surface area (Å²) in [6.45, 7) is 3.86. The van der Waals surface area contributed by atoms with Crippen LogP contribution < -0.4 is 0 Å². The Morgan fingerprint density at radius 3 is 1.78 bits per heavy atom. The molecule has 0 fully saturated rings. The molecule has 0 saturated heterocycles. The lowest BCUT2D eigenvalue weighted by atomic mass is 10.4. The van der Waals surface area contributed by atoms with E-state index in [0.29, 0.717) is 0 Å². The Balaban J connectivity index is 3.58. The summed E-state index contributed by atoms with van der Waals surface area (Å²) in [7, 11) is 1.66. The van der Waals surface area contributed by atoms with Crippen LogP contribution in [0.4, 0.5) is 0 Å². The van der Waals surface area contributed by atoms with Crippen LogP contribution in [-0.2, 0) is 8.53 Å². The van der Waals surface area contributed by atoms with E-state index < -0.39 is 14.5 Å². The van der Waals surface area contributed by atoms with Gasteiger partial charge in [0.15, 0.2) is 0 Å². The zero-order valence-corrected chi connectivity index (χ0v) is 8.05. The van der Waals surface area contributed by atoms with Crippen LogP contribution in [0.1, 0.15) is 13.8 Å². The largest absolute Gasteiger partial charge is 0.476 e. The standard InChI is InChI=1S/C4H9O2.2CH3.Al/c1-4(2,5)6-3;;;/h1-3H3;2*1H3;/q-1;;;+1. The molecule has 0 unspecified atom stereocenters. The van der Waals surface area contributed by atoms with Crippen LogP contribution >= 0.6 is 0 Å². The number of ether oxygens (including phenoxy) is 1. The summed E-state index contributed by atoms with van der Waals surface area (Å²) in [6.07, 6.45) is 0. The molecule has 0 aromatic heterocycles. The fourth-order valence-corrected chi connectivity index (χ4v) is 1.85. The summed E-state index contributed by atoms with van der Waals surface area (Å²) in [4.78, 5) is 0. The van der Waals surface area contributed by atoms with Crippen LogP contribution in [0, 0.1) is 0 Å². The maximum absolute atomic E-state index is 5.50. The van der Waals surface area contributed by atoms with Crippen LogP contribution in [0.2, 0.25) is 11.6 Å². The summed E-state index contributed by atoms with van der Waals surface area (Å²) in [5.74, 6) is 3.88. The summed E-state index contributed by atoms with van der Waals surface area (Å²) >= 11 is -0.938. The van der Waals surface area contributed by atoms with Gasteiger partial charge in [-0.25, -0.2) is 0 Å². The number of methoxy groups -OCH3 is 1. The van der Waals surface area contributed by atoms with Gasteiger partial charge in [0.2, 0.25) is 0 Å². The van der Waals surface area contributed by atoms with Crippen molar-refractivity contribution in [2.75, 3.05) is 7.11 Å². The zero-order valence-electron chi connectivity index (χ0n) is 6.89. The smallest absolute Gasteiger partial charge is 0.456 e. The number of hydrogen-bond acceptors (Lipinski definition) is 2. The van der Waals surface area contributed by atoms with Crippen molar-refractivity contribution in [3.63, 3.8) is 0 Å². The molecule has 0 amide bonds. The third kappa shape index (κ3) is 4.93. The van der Waals surface area contributed by atoms with Gasteiger partial charge in [-0.1, -0.05) is 11.6 Å². The van der Waals surface area contributed by atoms with Gasteiger partial charge in [0.1, 0.15) is 5.79 Å². The van der Waals surface area contributed by atoms with E-state index in [0.717, 1.165) is 0 Å². The molecule has 0 bridgehead atoms. The monoisotopic (exact) mass is 146 g/mol. The molecule has 0 aliphatic carbocycles. The minimum absolute atomic E-state index is 0.375. The quantitative estimate of drug-likeness (QED) is 0.445. The second kappa shape index (κ2) is 3.58. The Bertz CT molecular complexity index is 81.1. The molecule has 0 aliphatic heterocycles. The Labute approximate surface area is 61.9 Å². The van der Waals surface area contributed by atoms with Crippen LogP contribution in [-0.4, -0.2) is 27.4 Å². The van der Waals surface area contributed by atoms with E-state index in [-0.39, 0.29) is 5.79 Å². The molecular weight excluding hydrogens is 131 g/mol. The highest BCUT2D eigenvalue weighted by atomic mass is 27.2. The highest BCUT2D eigenvalue weighted by molar-refractivity contribution is 6.48. The van der Waals surface area contributed by atoms with E-state index in [2.05, 4.69) is 11.6 Å². The van der Waals surface area contributed by atoms with Crippen LogP contribution in [0.3, 0.4) is 0 Å². The van der Waals surface area contributed by atoms with Gasteiger partial charge in [-0.05, 0) is 13.8 Å². The first-order chi connectivity index (χ1) is 3.98. The van der Waals surface area contributed by atoms with E-state index in [1.807, 2.05) is 13.8 Å². The van der Waals surface area contributed by atoms with E-state index in [1.165, 1.54) is 0 Å². The minimum Gasteiger partial charge on any atom is -0.476 e. The summed E-state index contributed by atoms with van der Waals surface area (Å²) < 4.78 is 10.6. The van der Waals surface area contributed by atoms with Gasteiger partial charge in [-0.3, -0.25) is 0 Å². The second-order valence-electron chi connectivity index (χ2n) is 2.77. The Hall–Kier alpha value is 0.452. The molecule has 3 heteroatoms. The van der Waals surface area contributed by atoms with E-state index in [9.17, 15) is 0 Å². The van der Waals surface area contributed by atoms with E-state index in [4.69, 9.17) is 8.53 Å². The summed E-state index contributed by atoms with van der Waals surface area (Å²) in [5.41, 5.74) is 0. The Morgan fingerprint density at radius 2 is 1.67 bits per heavy atom. The van der Waals surface area contributed by atoms with Gasteiger partial charge >= 0.3 is 14.5 Å². The molecule has 0 saturated carbocycles. The van der Waals surface area contributed by atoms with Gasteiger partial charge in [-0.15, -0.1) is 0 Å². The molecule has 54 valence electrons. The zero-order chi connectivity index (χ0) is 7.49. The van der Waals surface area contributed by atoms with E-state index in [1.54, 1.807) is 7.11 Å². The lowest BCUT2D eigenvalue weighted by molar-refractivity contribution is -0.136. The van der Waals surface area contributed by atoms with Crippen LogP contribution in [0.5, 0.6) is 0 Å². The van der Waals surface area contributed by atoms with Gasteiger partial charge < -0.3 is 8.53 Å².